The Hall–Kier alpha value is -2.15. The second-order valence-electron chi connectivity index (χ2n) is 6.73. The van der Waals surface area contributed by atoms with Gasteiger partial charge in [0.05, 0.1) is 12.4 Å². The second-order valence-corrected chi connectivity index (χ2v) is 6.73. The van der Waals surface area contributed by atoms with Gasteiger partial charge in [-0.1, -0.05) is 30.3 Å². The van der Waals surface area contributed by atoms with Crippen molar-refractivity contribution >= 4 is 0 Å². The van der Waals surface area contributed by atoms with Crippen molar-refractivity contribution in [1.82, 2.24) is 14.7 Å². The van der Waals surface area contributed by atoms with Crippen LogP contribution in [0.2, 0.25) is 0 Å². The van der Waals surface area contributed by atoms with E-state index >= 15 is 0 Å². The maximum absolute atomic E-state index is 13.2. The van der Waals surface area contributed by atoms with Crippen molar-refractivity contribution in [3.63, 3.8) is 0 Å². The first-order valence-corrected chi connectivity index (χ1v) is 8.42. The molecule has 0 radical (unpaired) electrons. The number of alkyl halides is 3. The van der Waals surface area contributed by atoms with Crippen LogP contribution in [-0.2, 0) is 12.8 Å². The highest BCUT2D eigenvalue weighted by Gasteiger charge is 2.38. The van der Waals surface area contributed by atoms with E-state index in [0.29, 0.717) is 5.69 Å². The summed E-state index contributed by atoms with van der Waals surface area (Å²) in [6, 6.07) is 10.8. The fraction of sp³-hybridized carbons (Fsp3) is 0.444. The average molecular weight is 349 g/mol. The quantitative estimate of drug-likeness (QED) is 0.847. The molecule has 1 aromatic heterocycles. The molecule has 0 N–H and O–H groups in total. The summed E-state index contributed by atoms with van der Waals surface area (Å²) in [5.74, 6) is 0.0502. The van der Waals surface area contributed by atoms with Gasteiger partial charge in [0.15, 0.2) is 0 Å². The first-order chi connectivity index (χ1) is 11.9. The van der Waals surface area contributed by atoms with Gasteiger partial charge in [-0.3, -0.25) is 9.69 Å². The molecule has 4 nitrogen and oxygen atoms in total. The molecule has 1 aromatic carbocycles. The van der Waals surface area contributed by atoms with E-state index in [-0.39, 0.29) is 18.6 Å². The molecule has 2 heterocycles. The van der Waals surface area contributed by atoms with Gasteiger partial charge >= 0.3 is 6.18 Å². The lowest BCUT2D eigenvalue weighted by Gasteiger charge is -2.41. The topological polar surface area (TPSA) is 38.1 Å². The minimum absolute atomic E-state index is 0.0502. The van der Waals surface area contributed by atoms with E-state index in [0.717, 1.165) is 42.1 Å². The number of aromatic nitrogens is 2. The lowest BCUT2D eigenvalue weighted by atomic mass is 9.95. The Morgan fingerprint density at radius 1 is 1.12 bits per heavy atom. The van der Waals surface area contributed by atoms with Gasteiger partial charge in [-0.2, -0.15) is 18.3 Å². The fourth-order valence-electron chi connectivity index (χ4n) is 3.27. The summed E-state index contributed by atoms with van der Waals surface area (Å²) >= 11 is 0. The van der Waals surface area contributed by atoms with E-state index in [9.17, 15) is 18.0 Å². The summed E-state index contributed by atoms with van der Waals surface area (Å²) in [4.78, 5) is 14.3. The van der Waals surface area contributed by atoms with Crippen molar-refractivity contribution in [3.8, 4) is 0 Å². The Labute approximate surface area is 142 Å². The van der Waals surface area contributed by atoms with Crippen molar-refractivity contribution in [2.24, 2.45) is 0 Å². The zero-order valence-electron chi connectivity index (χ0n) is 13.5. The molecule has 4 rings (SSSR count). The molecule has 25 heavy (non-hydrogen) atoms. The average Bonchev–Trinajstić information content (AvgIpc) is 3.37. The predicted octanol–water partition coefficient (Wildman–Crippen LogP) is 3.54. The largest absolute Gasteiger partial charge is 0.421 e. The predicted molar refractivity (Wildman–Crippen MR) is 86.0 cm³/mol. The Bertz CT molecular complexity index is 828. The van der Waals surface area contributed by atoms with E-state index in [2.05, 4.69) is 5.10 Å². The zero-order valence-corrected chi connectivity index (χ0v) is 13.5. The number of likely N-dealkylation sites (tertiary alicyclic amines) is 1. The molecule has 2 fully saturated rings. The van der Waals surface area contributed by atoms with Gasteiger partial charge in [0, 0.05) is 18.5 Å². The molecule has 1 aliphatic carbocycles. The lowest BCUT2D eigenvalue weighted by Crippen LogP contribution is -2.45. The molecule has 0 bridgehead atoms. The van der Waals surface area contributed by atoms with Crippen molar-refractivity contribution in [1.29, 1.82) is 0 Å². The monoisotopic (exact) mass is 349 g/mol. The molecule has 2 aliphatic rings. The van der Waals surface area contributed by atoms with Gasteiger partial charge in [0.1, 0.15) is 5.56 Å². The van der Waals surface area contributed by atoms with Gasteiger partial charge in [0.25, 0.3) is 5.56 Å². The second kappa shape index (κ2) is 5.98. The summed E-state index contributed by atoms with van der Waals surface area (Å²) in [7, 11) is 0. The normalized spacial score (nSPS) is 21.2. The fourth-order valence-corrected chi connectivity index (χ4v) is 3.27. The Morgan fingerprint density at radius 3 is 2.40 bits per heavy atom. The molecular formula is C18H18F3N3O. The smallest absolute Gasteiger partial charge is 0.277 e. The van der Waals surface area contributed by atoms with Gasteiger partial charge < -0.3 is 0 Å². The van der Waals surface area contributed by atoms with Crippen LogP contribution in [0.3, 0.4) is 0 Å². The first kappa shape index (κ1) is 16.3. The van der Waals surface area contributed by atoms with Gasteiger partial charge in [-0.15, -0.1) is 0 Å². The summed E-state index contributed by atoms with van der Waals surface area (Å²) < 4.78 is 40.6. The van der Waals surface area contributed by atoms with Crippen LogP contribution in [0.25, 0.3) is 0 Å². The third kappa shape index (κ3) is 3.20. The number of hydrogen-bond donors (Lipinski definition) is 0. The molecule has 1 atom stereocenters. The van der Waals surface area contributed by atoms with Gasteiger partial charge in [-0.25, -0.2) is 4.68 Å². The summed E-state index contributed by atoms with van der Waals surface area (Å²) in [6.45, 7) is 0.824. The van der Waals surface area contributed by atoms with Crippen LogP contribution in [0.1, 0.15) is 48.0 Å². The highest BCUT2D eigenvalue weighted by Crippen LogP contribution is 2.40. The van der Waals surface area contributed by atoms with Crippen molar-refractivity contribution < 1.29 is 13.2 Å². The van der Waals surface area contributed by atoms with Crippen molar-refractivity contribution in [2.45, 2.75) is 44.1 Å². The highest BCUT2D eigenvalue weighted by atomic mass is 19.4. The van der Waals surface area contributed by atoms with E-state index in [1.165, 1.54) is 0 Å². The molecular weight excluding hydrogens is 331 g/mol. The number of benzene rings is 1. The summed E-state index contributed by atoms with van der Waals surface area (Å²) in [5.41, 5.74) is -0.684. The number of rotatable bonds is 4. The molecule has 132 valence electrons. The van der Waals surface area contributed by atoms with Crippen LogP contribution in [0.15, 0.2) is 41.2 Å². The molecule has 0 amide bonds. The molecule has 0 unspecified atom stereocenters. The Balaban J connectivity index is 1.64. The molecule has 1 saturated heterocycles. The molecule has 7 heteroatoms. The first-order valence-electron chi connectivity index (χ1n) is 8.42. The number of hydrogen-bond acceptors (Lipinski definition) is 3. The van der Waals surface area contributed by atoms with Crippen molar-refractivity contribution in [3.05, 3.63) is 63.6 Å². The SMILES string of the molecule is O=c1c(C(F)(F)F)cc(C2CC2)nn1CN1CC[C@H]1c1ccccc1. The van der Waals surface area contributed by atoms with E-state index in [1.807, 2.05) is 35.2 Å². The van der Waals surface area contributed by atoms with Gasteiger partial charge in [0.2, 0.25) is 0 Å². The van der Waals surface area contributed by atoms with Crippen LogP contribution >= 0.6 is 0 Å². The third-order valence-electron chi connectivity index (χ3n) is 4.92. The molecule has 1 aliphatic heterocycles. The summed E-state index contributed by atoms with van der Waals surface area (Å²) in [6.07, 6.45) is -2.07. The number of halogens is 3. The minimum Gasteiger partial charge on any atom is -0.277 e. The Morgan fingerprint density at radius 2 is 1.84 bits per heavy atom. The van der Waals surface area contributed by atoms with E-state index < -0.39 is 17.3 Å². The van der Waals surface area contributed by atoms with Crippen LogP contribution < -0.4 is 5.56 Å². The lowest BCUT2D eigenvalue weighted by molar-refractivity contribution is -0.139. The van der Waals surface area contributed by atoms with Crippen LogP contribution in [0.5, 0.6) is 0 Å². The standard InChI is InChI=1S/C18H18F3N3O/c19-18(20,21)14-10-15(12-6-7-12)22-24(17(14)25)11-23-9-8-16(23)13-4-2-1-3-5-13/h1-5,10,12,16H,6-9,11H2/t16-/m0/s1. The van der Waals surface area contributed by atoms with Crippen LogP contribution in [0, 0.1) is 0 Å². The van der Waals surface area contributed by atoms with Crippen LogP contribution in [-0.4, -0.2) is 21.2 Å². The maximum atomic E-state index is 13.2. The third-order valence-corrected chi connectivity index (χ3v) is 4.92. The minimum atomic E-state index is -4.65. The molecule has 0 spiro atoms. The Kier molecular flexibility index (Phi) is 3.91. The highest BCUT2D eigenvalue weighted by molar-refractivity contribution is 5.23. The molecule has 1 saturated carbocycles. The van der Waals surface area contributed by atoms with Crippen LogP contribution in [0.4, 0.5) is 13.2 Å². The number of nitrogens with zero attached hydrogens (tertiary/aromatic N) is 3. The maximum Gasteiger partial charge on any atom is 0.421 e. The van der Waals surface area contributed by atoms with E-state index in [1.54, 1.807) is 0 Å². The van der Waals surface area contributed by atoms with Crippen molar-refractivity contribution in [2.75, 3.05) is 6.54 Å². The van der Waals surface area contributed by atoms with E-state index in [4.69, 9.17) is 0 Å². The molecule has 2 aromatic rings. The summed E-state index contributed by atoms with van der Waals surface area (Å²) in [5, 5.41) is 4.22. The van der Waals surface area contributed by atoms with Gasteiger partial charge in [-0.05, 0) is 30.9 Å². The zero-order chi connectivity index (χ0) is 17.6.